The Labute approximate surface area is 122 Å². The number of benzene rings is 1. The Bertz CT molecular complexity index is 475. The molecule has 0 saturated carbocycles. The maximum absolute atomic E-state index is 5.57. The van der Waals surface area contributed by atoms with Crippen LogP contribution in [-0.4, -0.2) is 0 Å². The lowest BCUT2D eigenvalue weighted by molar-refractivity contribution is 0.336. The van der Waals surface area contributed by atoms with Gasteiger partial charge >= 0.3 is 0 Å². The van der Waals surface area contributed by atoms with Gasteiger partial charge in [0, 0.05) is 6.04 Å². The molecule has 2 nitrogen and oxygen atoms in total. The number of furan rings is 1. The van der Waals surface area contributed by atoms with Gasteiger partial charge in [-0.2, -0.15) is 0 Å². The van der Waals surface area contributed by atoms with E-state index in [4.69, 9.17) is 4.42 Å². The van der Waals surface area contributed by atoms with Gasteiger partial charge in [0.2, 0.25) is 0 Å². The van der Waals surface area contributed by atoms with Crippen LogP contribution in [0.3, 0.4) is 0 Å². The van der Waals surface area contributed by atoms with E-state index in [2.05, 4.69) is 62.5 Å². The van der Waals surface area contributed by atoms with Gasteiger partial charge in [-0.3, -0.25) is 0 Å². The quantitative estimate of drug-likeness (QED) is 0.757. The van der Waals surface area contributed by atoms with Gasteiger partial charge in [-0.05, 0) is 36.5 Å². The molecule has 0 aliphatic heterocycles. The largest absolute Gasteiger partial charge is 0.468 e. The van der Waals surface area contributed by atoms with E-state index in [1.54, 1.807) is 6.26 Å². The minimum absolute atomic E-state index is 0.272. The first-order valence-electron chi connectivity index (χ1n) is 7.55. The molecule has 2 unspecified atom stereocenters. The van der Waals surface area contributed by atoms with Crippen molar-refractivity contribution in [2.24, 2.45) is 5.92 Å². The summed E-state index contributed by atoms with van der Waals surface area (Å²) in [4.78, 5) is 0. The van der Waals surface area contributed by atoms with E-state index < -0.39 is 0 Å². The average molecular weight is 271 g/mol. The van der Waals surface area contributed by atoms with Crippen molar-refractivity contribution in [3.05, 3.63) is 60.1 Å². The Balaban J connectivity index is 2.15. The van der Waals surface area contributed by atoms with Crippen LogP contribution in [0.5, 0.6) is 0 Å². The molecule has 0 saturated heterocycles. The van der Waals surface area contributed by atoms with Crippen molar-refractivity contribution in [1.29, 1.82) is 0 Å². The molecule has 0 fully saturated rings. The molecule has 2 aromatic rings. The number of hydrogen-bond donors (Lipinski definition) is 1. The molecule has 1 heterocycles. The van der Waals surface area contributed by atoms with Crippen molar-refractivity contribution in [2.75, 3.05) is 0 Å². The first-order chi connectivity index (χ1) is 9.70. The second-order valence-corrected chi connectivity index (χ2v) is 5.74. The summed E-state index contributed by atoms with van der Waals surface area (Å²) < 4.78 is 5.57. The fourth-order valence-corrected chi connectivity index (χ4v) is 2.59. The van der Waals surface area contributed by atoms with Gasteiger partial charge in [-0.25, -0.2) is 0 Å². The van der Waals surface area contributed by atoms with E-state index in [9.17, 15) is 0 Å². The van der Waals surface area contributed by atoms with E-state index in [1.165, 1.54) is 5.56 Å². The van der Waals surface area contributed by atoms with Crippen LogP contribution in [0.1, 0.15) is 57.0 Å². The third-order valence-corrected chi connectivity index (χ3v) is 3.61. The standard InChI is InChI=1S/C18H25NO/c1-4-16(18-11-8-12-20-18)19-17(13-14(2)3)15-9-6-5-7-10-15/h5-12,14,16-17,19H,4,13H2,1-3H3. The zero-order valence-electron chi connectivity index (χ0n) is 12.7. The van der Waals surface area contributed by atoms with Crippen LogP contribution in [0.4, 0.5) is 0 Å². The Morgan fingerprint density at radius 3 is 2.30 bits per heavy atom. The predicted molar refractivity (Wildman–Crippen MR) is 83.5 cm³/mol. The molecule has 20 heavy (non-hydrogen) atoms. The smallest absolute Gasteiger partial charge is 0.120 e. The van der Waals surface area contributed by atoms with Gasteiger partial charge < -0.3 is 9.73 Å². The second kappa shape index (κ2) is 7.30. The SMILES string of the molecule is CCC(NC(CC(C)C)c1ccccc1)c1ccco1. The predicted octanol–water partition coefficient (Wildman–Crippen LogP) is 5.11. The minimum atomic E-state index is 0.272. The van der Waals surface area contributed by atoms with Crippen LogP contribution < -0.4 is 5.32 Å². The molecular formula is C18H25NO. The van der Waals surface area contributed by atoms with Crippen LogP contribution in [0, 0.1) is 5.92 Å². The summed E-state index contributed by atoms with van der Waals surface area (Å²) in [5.41, 5.74) is 1.35. The first kappa shape index (κ1) is 14.9. The topological polar surface area (TPSA) is 25.2 Å². The number of rotatable bonds is 7. The van der Waals surface area contributed by atoms with Gasteiger partial charge in [0.15, 0.2) is 0 Å². The summed E-state index contributed by atoms with van der Waals surface area (Å²) in [5.74, 6) is 1.68. The van der Waals surface area contributed by atoms with Crippen molar-refractivity contribution in [2.45, 2.75) is 45.7 Å². The lowest BCUT2D eigenvalue weighted by Gasteiger charge is -2.26. The van der Waals surface area contributed by atoms with Crippen molar-refractivity contribution in [3.8, 4) is 0 Å². The Kier molecular flexibility index (Phi) is 5.42. The monoisotopic (exact) mass is 271 g/mol. The molecule has 0 aliphatic rings. The lowest BCUT2D eigenvalue weighted by atomic mass is 9.95. The molecule has 0 radical (unpaired) electrons. The molecule has 0 amide bonds. The van der Waals surface area contributed by atoms with E-state index in [0.717, 1.165) is 18.6 Å². The van der Waals surface area contributed by atoms with Gasteiger partial charge in [0.1, 0.15) is 5.76 Å². The maximum atomic E-state index is 5.57. The molecule has 0 spiro atoms. The summed E-state index contributed by atoms with van der Waals surface area (Å²) in [6.07, 6.45) is 3.90. The van der Waals surface area contributed by atoms with E-state index in [0.29, 0.717) is 12.0 Å². The van der Waals surface area contributed by atoms with Crippen molar-refractivity contribution in [1.82, 2.24) is 5.32 Å². The third kappa shape index (κ3) is 3.97. The summed E-state index contributed by atoms with van der Waals surface area (Å²) in [6.45, 7) is 6.73. The Morgan fingerprint density at radius 1 is 1.00 bits per heavy atom. The normalized spacial score (nSPS) is 14.4. The highest BCUT2D eigenvalue weighted by molar-refractivity contribution is 5.19. The number of nitrogens with one attached hydrogen (secondary N) is 1. The molecule has 2 rings (SSSR count). The van der Waals surface area contributed by atoms with Crippen molar-refractivity contribution in [3.63, 3.8) is 0 Å². The highest BCUT2D eigenvalue weighted by atomic mass is 16.3. The average Bonchev–Trinajstić information content (AvgIpc) is 2.98. The molecule has 0 bridgehead atoms. The Morgan fingerprint density at radius 2 is 1.75 bits per heavy atom. The van der Waals surface area contributed by atoms with Crippen molar-refractivity contribution >= 4 is 0 Å². The molecule has 1 aromatic carbocycles. The molecular weight excluding hydrogens is 246 g/mol. The van der Waals surface area contributed by atoms with E-state index in [1.807, 2.05) is 6.07 Å². The molecule has 2 heteroatoms. The minimum Gasteiger partial charge on any atom is -0.468 e. The lowest BCUT2D eigenvalue weighted by Crippen LogP contribution is -2.27. The van der Waals surface area contributed by atoms with Crippen LogP contribution in [0.2, 0.25) is 0 Å². The second-order valence-electron chi connectivity index (χ2n) is 5.74. The summed E-state index contributed by atoms with van der Waals surface area (Å²) in [7, 11) is 0. The van der Waals surface area contributed by atoms with Gasteiger partial charge in [0.25, 0.3) is 0 Å². The van der Waals surface area contributed by atoms with Crippen LogP contribution >= 0.6 is 0 Å². The number of hydrogen-bond acceptors (Lipinski definition) is 2. The van der Waals surface area contributed by atoms with Gasteiger partial charge in [0.05, 0.1) is 12.3 Å². The first-order valence-corrected chi connectivity index (χ1v) is 7.55. The molecule has 2 atom stereocenters. The maximum Gasteiger partial charge on any atom is 0.120 e. The zero-order valence-corrected chi connectivity index (χ0v) is 12.7. The van der Waals surface area contributed by atoms with Gasteiger partial charge in [-0.1, -0.05) is 51.1 Å². The molecule has 1 N–H and O–H groups in total. The summed E-state index contributed by atoms with van der Waals surface area (Å²) in [5, 5.41) is 3.76. The molecule has 108 valence electrons. The van der Waals surface area contributed by atoms with Crippen molar-refractivity contribution < 1.29 is 4.42 Å². The van der Waals surface area contributed by atoms with Gasteiger partial charge in [-0.15, -0.1) is 0 Å². The fourth-order valence-electron chi connectivity index (χ4n) is 2.59. The highest BCUT2D eigenvalue weighted by Gasteiger charge is 2.19. The fraction of sp³-hybridized carbons (Fsp3) is 0.444. The third-order valence-electron chi connectivity index (χ3n) is 3.61. The van der Waals surface area contributed by atoms with Crippen LogP contribution in [0.15, 0.2) is 53.1 Å². The van der Waals surface area contributed by atoms with E-state index in [-0.39, 0.29) is 6.04 Å². The summed E-state index contributed by atoms with van der Waals surface area (Å²) in [6, 6.07) is 15.3. The Hall–Kier alpha value is -1.54. The highest BCUT2D eigenvalue weighted by Crippen LogP contribution is 2.27. The van der Waals surface area contributed by atoms with E-state index >= 15 is 0 Å². The summed E-state index contributed by atoms with van der Waals surface area (Å²) >= 11 is 0. The molecule has 0 aliphatic carbocycles. The van der Waals surface area contributed by atoms with Crippen LogP contribution in [-0.2, 0) is 0 Å². The molecule has 1 aromatic heterocycles. The van der Waals surface area contributed by atoms with Crippen LogP contribution in [0.25, 0.3) is 0 Å². The zero-order chi connectivity index (χ0) is 14.4.